The zero-order chi connectivity index (χ0) is 10.1. The molecule has 0 saturated heterocycles. The Morgan fingerprint density at radius 2 is 1.79 bits per heavy atom. The van der Waals surface area contributed by atoms with Gasteiger partial charge in [0.25, 0.3) is 0 Å². The fourth-order valence-electron chi connectivity index (χ4n) is 1.28. The van der Waals surface area contributed by atoms with Crippen molar-refractivity contribution in [2.75, 3.05) is 0 Å². The Bertz CT molecular complexity index is 508. The van der Waals surface area contributed by atoms with Gasteiger partial charge in [-0.05, 0) is 19.1 Å². The molecule has 1 heterocycles. The van der Waals surface area contributed by atoms with Gasteiger partial charge in [0.05, 0.1) is 22.7 Å². The van der Waals surface area contributed by atoms with Crippen LogP contribution in [0.15, 0.2) is 24.3 Å². The van der Waals surface area contributed by atoms with E-state index in [0.29, 0.717) is 16.7 Å². The number of aromatic carboxylic acids is 1. The van der Waals surface area contributed by atoms with E-state index in [4.69, 9.17) is 0 Å². The first-order valence-corrected chi connectivity index (χ1v) is 4.13. The number of aryl methyl sites for hydroxylation is 1. The van der Waals surface area contributed by atoms with Gasteiger partial charge in [-0.25, -0.2) is 9.97 Å². The molecule has 4 nitrogen and oxygen atoms in total. The fourth-order valence-corrected chi connectivity index (χ4v) is 1.28. The zero-order valence-corrected chi connectivity index (χ0v) is 7.52. The first-order chi connectivity index (χ1) is 6.68. The maximum atomic E-state index is 10.7. The highest BCUT2D eigenvalue weighted by Crippen LogP contribution is 2.11. The van der Waals surface area contributed by atoms with Crippen molar-refractivity contribution in [1.29, 1.82) is 0 Å². The Hall–Kier alpha value is -1.97. The van der Waals surface area contributed by atoms with Gasteiger partial charge >= 0.3 is 0 Å². The highest BCUT2D eigenvalue weighted by molar-refractivity contribution is 5.87. The van der Waals surface area contributed by atoms with Crippen molar-refractivity contribution >= 4 is 17.0 Å². The Kier molecular flexibility index (Phi) is 1.89. The summed E-state index contributed by atoms with van der Waals surface area (Å²) < 4.78 is 0. The SMILES string of the molecule is Cc1nc2ccccc2nc1C(=O)[O-]. The van der Waals surface area contributed by atoms with Crippen LogP contribution >= 0.6 is 0 Å². The van der Waals surface area contributed by atoms with E-state index in [-0.39, 0.29) is 5.69 Å². The molecule has 0 aliphatic rings. The van der Waals surface area contributed by atoms with Gasteiger partial charge < -0.3 is 9.90 Å². The Balaban J connectivity index is 2.77. The molecular formula is C10H7N2O2-. The summed E-state index contributed by atoms with van der Waals surface area (Å²) in [5.74, 6) is -1.29. The van der Waals surface area contributed by atoms with E-state index < -0.39 is 5.97 Å². The van der Waals surface area contributed by atoms with Crippen molar-refractivity contribution < 1.29 is 9.90 Å². The van der Waals surface area contributed by atoms with Crippen molar-refractivity contribution in [3.8, 4) is 0 Å². The van der Waals surface area contributed by atoms with Crippen LogP contribution in [0.5, 0.6) is 0 Å². The van der Waals surface area contributed by atoms with Crippen molar-refractivity contribution in [2.24, 2.45) is 0 Å². The lowest BCUT2D eigenvalue weighted by molar-refractivity contribution is -0.255. The Morgan fingerprint density at radius 1 is 1.21 bits per heavy atom. The predicted molar refractivity (Wildman–Crippen MR) is 48.6 cm³/mol. The number of para-hydroxylation sites is 2. The molecule has 0 N–H and O–H groups in total. The number of hydrogen-bond acceptors (Lipinski definition) is 4. The molecule has 70 valence electrons. The van der Waals surface area contributed by atoms with E-state index in [1.165, 1.54) is 0 Å². The molecule has 0 atom stereocenters. The molecule has 0 aliphatic carbocycles. The van der Waals surface area contributed by atoms with Crippen LogP contribution in [0.1, 0.15) is 16.2 Å². The van der Waals surface area contributed by atoms with Crippen LogP contribution in [0, 0.1) is 6.92 Å². The standard InChI is InChI=1S/C10H8N2O2/c1-6-9(10(13)14)12-8-5-3-2-4-7(8)11-6/h2-5H,1H3,(H,13,14)/p-1. The van der Waals surface area contributed by atoms with Crippen molar-refractivity contribution in [1.82, 2.24) is 9.97 Å². The summed E-state index contributed by atoms with van der Waals surface area (Å²) in [6, 6.07) is 7.11. The number of nitrogens with zero attached hydrogens (tertiary/aromatic N) is 2. The molecule has 0 bridgehead atoms. The summed E-state index contributed by atoms with van der Waals surface area (Å²) in [5.41, 5.74) is 1.54. The maximum Gasteiger partial charge on any atom is 0.108 e. The van der Waals surface area contributed by atoms with Gasteiger partial charge in [0.1, 0.15) is 5.69 Å². The number of carboxylic acid groups (broad SMARTS) is 1. The second kappa shape index (κ2) is 3.06. The van der Waals surface area contributed by atoms with Crippen LogP contribution in [0.2, 0.25) is 0 Å². The van der Waals surface area contributed by atoms with Crippen LogP contribution in [0.25, 0.3) is 11.0 Å². The molecule has 0 saturated carbocycles. The van der Waals surface area contributed by atoms with E-state index in [9.17, 15) is 9.90 Å². The molecule has 0 radical (unpaired) electrons. The Labute approximate surface area is 80.2 Å². The molecular weight excluding hydrogens is 180 g/mol. The third-order valence-electron chi connectivity index (χ3n) is 1.94. The third kappa shape index (κ3) is 1.31. The average molecular weight is 187 g/mol. The summed E-state index contributed by atoms with van der Waals surface area (Å²) >= 11 is 0. The van der Waals surface area contributed by atoms with Crippen molar-refractivity contribution in [2.45, 2.75) is 6.92 Å². The number of carbonyl (C=O) groups excluding carboxylic acids is 1. The molecule has 0 fully saturated rings. The smallest absolute Gasteiger partial charge is 0.108 e. The second-order valence-electron chi connectivity index (χ2n) is 2.93. The largest absolute Gasteiger partial charge is 0.543 e. The van der Waals surface area contributed by atoms with Crippen LogP contribution in [-0.2, 0) is 0 Å². The van der Waals surface area contributed by atoms with Gasteiger partial charge in [0.15, 0.2) is 0 Å². The van der Waals surface area contributed by atoms with E-state index in [1.807, 2.05) is 6.07 Å². The van der Waals surface area contributed by atoms with E-state index in [2.05, 4.69) is 9.97 Å². The first kappa shape index (κ1) is 8.62. The molecule has 0 aliphatic heterocycles. The van der Waals surface area contributed by atoms with E-state index in [0.717, 1.165) is 0 Å². The molecule has 2 rings (SSSR count). The third-order valence-corrected chi connectivity index (χ3v) is 1.94. The van der Waals surface area contributed by atoms with Gasteiger partial charge in [0.2, 0.25) is 0 Å². The highest BCUT2D eigenvalue weighted by Gasteiger charge is 2.04. The van der Waals surface area contributed by atoms with Gasteiger partial charge in [-0.2, -0.15) is 0 Å². The normalized spacial score (nSPS) is 10.4. The summed E-state index contributed by atoms with van der Waals surface area (Å²) in [6.07, 6.45) is 0. The average Bonchev–Trinajstić information content (AvgIpc) is 2.16. The molecule has 1 aromatic carbocycles. The minimum Gasteiger partial charge on any atom is -0.543 e. The lowest BCUT2D eigenvalue weighted by atomic mass is 10.2. The van der Waals surface area contributed by atoms with Crippen molar-refractivity contribution in [3.05, 3.63) is 35.7 Å². The molecule has 0 unspecified atom stereocenters. The van der Waals surface area contributed by atoms with Crippen LogP contribution in [0.4, 0.5) is 0 Å². The number of hydrogen-bond donors (Lipinski definition) is 0. The summed E-state index contributed by atoms with van der Waals surface area (Å²) in [7, 11) is 0. The minimum absolute atomic E-state index is 0.0938. The second-order valence-corrected chi connectivity index (χ2v) is 2.93. The molecule has 14 heavy (non-hydrogen) atoms. The molecule has 1 aromatic heterocycles. The molecule has 4 heteroatoms. The number of benzene rings is 1. The van der Waals surface area contributed by atoms with Crippen LogP contribution in [0.3, 0.4) is 0 Å². The van der Waals surface area contributed by atoms with Crippen LogP contribution < -0.4 is 5.11 Å². The van der Waals surface area contributed by atoms with Gasteiger partial charge in [-0.3, -0.25) is 0 Å². The minimum atomic E-state index is -1.29. The van der Waals surface area contributed by atoms with Gasteiger partial charge in [0, 0.05) is 0 Å². The molecule has 0 amide bonds. The van der Waals surface area contributed by atoms with Crippen molar-refractivity contribution in [3.63, 3.8) is 0 Å². The van der Waals surface area contributed by atoms with Gasteiger partial charge in [-0.1, -0.05) is 12.1 Å². The number of aromatic nitrogens is 2. The number of fused-ring (bicyclic) bond motifs is 1. The number of rotatable bonds is 1. The number of carboxylic acids is 1. The topological polar surface area (TPSA) is 65.9 Å². The highest BCUT2D eigenvalue weighted by atomic mass is 16.4. The van der Waals surface area contributed by atoms with E-state index in [1.54, 1.807) is 25.1 Å². The summed E-state index contributed by atoms with van der Waals surface area (Å²) in [4.78, 5) is 18.7. The van der Waals surface area contributed by atoms with Crippen LogP contribution in [-0.4, -0.2) is 15.9 Å². The molecule has 2 aromatic rings. The summed E-state index contributed by atoms with van der Waals surface area (Å²) in [5, 5.41) is 10.7. The quantitative estimate of drug-likeness (QED) is 0.644. The van der Waals surface area contributed by atoms with Gasteiger partial charge in [-0.15, -0.1) is 0 Å². The summed E-state index contributed by atoms with van der Waals surface area (Å²) in [6.45, 7) is 1.60. The maximum absolute atomic E-state index is 10.7. The first-order valence-electron chi connectivity index (χ1n) is 4.13. The monoisotopic (exact) mass is 187 g/mol. The predicted octanol–water partition coefficient (Wildman–Crippen LogP) is 0.302. The zero-order valence-electron chi connectivity index (χ0n) is 7.52. The molecule has 0 spiro atoms. The number of carbonyl (C=O) groups is 1. The van der Waals surface area contributed by atoms with E-state index >= 15 is 0 Å². The lowest BCUT2D eigenvalue weighted by Crippen LogP contribution is -2.25. The Morgan fingerprint density at radius 3 is 2.36 bits per heavy atom. The lowest BCUT2D eigenvalue weighted by Gasteiger charge is -2.06. The fraction of sp³-hybridized carbons (Fsp3) is 0.100.